The Kier molecular flexibility index (Phi) is 7.10. The van der Waals surface area contributed by atoms with E-state index in [1.807, 2.05) is 12.1 Å². The average Bonchev–Trinajstić information content (AvgIpc) is 2.58. The van der Waals surface area contributed by atoms with Gasteiger partial charge in [-0.15, -0.1) is 0 Å². The number of carboxylic acids is 1. The zero-order valence-electron chi connectivity index (χ0n) is 15.1. The van der Waals surface area contributed by atoms with Crippen LogP contribution in [0.2, 0.25) is 25.2 Å². The van der Waals surface area contributed by atoms with Crippen molar-refractivity contribution in [1.29, 1.82) is 0 Å². The molecule has 1 aromatic carbocycles. The standard InChI is InChI=1S/C20H31NO2Si/c1-24(2,16-13-17-7-4-3-5-8-17)15-6-14-21-19-11-9-18(10-12-19)20(22)23/h3-4,9-12,17,21H,5-8,13-16H2,1-2H3,(H,22,23). The SMILES string of the molecule is C[Si](C)(CCCNc1ccc(C(=O)O)cc1)CCC1CC=CCC1. The zero-order chi connectivity index (χ0) is 17.4. The number of hydrogen-bond donors (Lipinski definition) is 2. The molecule has 2 N–H and O–H groups in total. The maximum Gasteiger partial charge on any atom is 0.335 e. The highest BCUT2D eigenvalue weighted by Gasteiger charge is 2.22. The second kappa shape index (κ2) is 9.07. The van der Waals surface area contributed by atoms with Crippen LogP contribution in [0.4, 0.5) is 5.69 Å². The lowest BCUT2D eigenvalue weighted by Gasteiger charge is -2.26. The van der Waals surface area contributed by atoms with Gasteiger partial charge in [0, 0.05) is 20.3 Å². The Hall–Kier alpha value is -1.55. The third-order valence-electron chi connectivity index (χ3n) is 5.10. The van der Waals surface area contributed by atoms with Crippen molar-refractivity contribution in [1.82, 2.24) is 0 Å². The molecular formula is C20H31NO2Si. The monoisotopic (exact) mass is 345 g/mol. The van der Waals surface area contributed by atoms with Gasteiger partial charge >= 0.3 is 5.97 Å². The van der Waals surface area contributed by atoms with Crippen LogP contribution in [0.3, 0.4) is 0 Å². The van der Waals surface area contributed by atoms with E-state index < -0.39 is 14.0 Å². The number of nitrogens with one attached hydrogen (secondary N) is 1. The lowest BCUT2D eigenvalue weighted by Crippen LogP contribution is -2.26. The third-order valence-corrected chi connectivity index (χ3v) is 8.45. The van der Waals surface area contributed by atoms with Crippen molar-refractivity contribution in [2.24, 2.45) is 5.92 Å². The van der Waals surface area contributed by atoms with Crippen LogP contribution in [0.25, 0.3) is 0 Å². The lowest BCUT2D eigenvalue weighted by molar-refractivity contribution is 0.0697. The van der Waals surface area contributed by atoms with Crippen molar-refractivity contribution in [2.45, 2.75) is 57.3 Å². The average molecular weight is 346 g/mol. The Morgan fingerprint density at radius 2 is 1.96 bits per heavy atom. The smallest absolute Gasteiger partial charge is 0.335 e. The molecule has 0 radical (unpaired) electrons. The summed E-state index contributed by atoms with van der Waals surface area (Å²) in [6.07, 6.45) is 11.2. The fourth-order valence-electron chi connectivity index (χ4n) is 3.37. The highest BCUT2D eigenvalue weighted by molar-refractivity contribution is 6.77. The summed E-state index contributed by atoms with van der Waals surface area (Å²) in [6.45, 7) is 6.01. The first-order valence-corrected chi connectivity index (χ1v) is 12.6. The van der Waals surface area contributed by atoms with E-state index in [1.54, 1.807) is 12.1 Å². The van der Waals surface area contributed by atoms with Gasteiger partial charge in [-0.05, 0) is 55.9 Å². The first kappa shape index (κ1) is 18.8. The molecule has 4 heteroatoms. The molecule has 1 aliphatic carbocycles. The van der Waals surface area contributed by atoms with E-state index in [-0.39, 0.29) is 0 Å². The molecule has 0 bridgehead atoms. The Bertz CT molecular complexity index is 551. The summed E-state index contributed by atoms with van der Waals surface area (Å²) in [5.41, 5.74) is 1.35. The van der Waals surface area contributed by atoms with Gasteiger partial charge in [-0.1, -0.05) is 43.8 Å². The number of allylic oxidation sites excluding steroid dienone is 2. The van der Waals surface area contributed by atoms with Crippen LogP contribution in [0.5, 0.6) is 0 Å². The van der Waals surface area contributed by atoms with Gasteiger partial charge in [0.25, 0.3) is 0 Å². The Morgan fingerprint density at radius 1 is 1.21 bits per heavy atom. The van der Waals surface area contributed by atoms with Crippen LogP contribution in [0.15, 0.2) is 36.4 Å². The maximum absolute atomic E-state index is 10.8. The minimum Gasteiger partial charge on any atom is -0.478 e. The summed E-state index contributed by atoms with van der Waals surface area (Å²) in [5.74, 6) is 0.0513. The summed E-state index contributed by atoms with van der Waals surface area (Å²) in [7, 11) is -1.09. The van der Waals surface area contributed by atoms with Crippen LogP contribution in [-0.2, 0) is 0 Å². The molecule has 0 aromatic heterocycles. The van der Waals surface area contributed by atoms with Gasteiger partial charge in [-0.3, -0.25) is 0 Å². The van der Waals surface area contributed by atoms with Gasteiger partial charge in [0.05, 0.1) is 5.56 Å². The topological polar surface area (TPSA) is 49.3 Å². The predicted molar refractivity (Wildman–Crippen MR) is 105 cm³/mol. The normalized spacial score (nSPS) is 17.7. The van der Waals surface area contributed by atoms with E-state index in [0.717, 1.165) is 18.2 Å². The summed E-state index contributed by atoms with van der Waals surface area (Å²) in [6, 6.07) is 9.81. The fraction of sp³-hybridized carbons (Fsp3) is 0.550. The molecule has 0 saturated heterocycles. The van der Waals surface area contributed by atoms with E-state index in [1.165, 1.54) is 44.2 Å². The van der Waals surface area contributed by atoms with Crippen molar-refractivity contribution < 1.29 is 9.90 Å². The molecular weight excluding hydrogens is 314 g/mol. The molecule has 0 heterocycles. The first-order chi connectivity index (χ1) is 11.5. The van der Waals surface area contributed by atoms with Crippen molar-refractivity contribution >= 4 is 19.7 Å². The quantitative estimate of drug-likeness (QED) is 0.346. The largest absolute Gasteiger partial charge is 0.478 e. The molecule has 3 nitrogen and oxygen atoms in total. The van der Waals surface area contributed by atoms with Crippen molar-refractivity contribution in [3.05, 3.63) is 42.0 Å². The molecule has 24 heavy (non-hydrogen) atoms. The number of anilines is 1. The molecule has 132 valence electrons. The van der Waals surface area contributed by atoms with Gasteiger partial charge in [0.2, 0.25) is 0 Å². The first-order valence-electron chi connectivity index (χ1n) is 9.18. The summed E-state index contributed by atoms with van der Waals surface area (Å²) < 4.78 is 0. The summed E-state index contributed by atoms with van der Waals surface area (Å²) >= 11 is 0. The van der Waals surface area contributed by atoms with E-state index >= 15 is 0 Å². The van der Waals surface area contributed by atoms with Crippen molar-refractivity contribution in [3.8, 4) is 0 Å². The Labute approximate surface area is 147 Å². The van der Waals surface area contributed by atoms with Crippen molar-refractivity contribution in [3.63, 3.8) is 0 Å². The fourth-order valence-corrected chi connectivity index (χ4v) is 5.94. The molecule has 0 aliphatic heterocycles. The van der Waals surface area contributed by atoms with E-state index in [2.05, 4.69) is 30.6 Å². The second-order valence-electron chi connectivity index (χ2n) is 7.77. The van der Waals surface area contributed by atoms with Gasteiger partial charge < -0.3 is 10.4 Å². The summed E-state index contributed by atoms with van der Waals surface area (Å²) in [5, 5.41) is 12.3. The minimum atomic E-state index is -1.09. The molecule has 2 rings (SSSR count). The van der Waals surface area contributed by atoms with E-state index in [0.29, 0.717) is 5.56 Å². The Balaban J connectivity index is 1.64. The molecule has 0 saturated carbocycles. The highest BCUT2D eigenvalue weighted by atomic mass is 28.3. The molecule has 1 unspecified atom stereocenters. The van der Waals surface area contributed by atoms with Crippen LogP contribution in [0.1, 0.15) is 42.5 Å². The molecule has 0 fully saturated rings. The van der Waals surface area contributed by atoms with Crippen molar-refractivity contribution in [2.75, 3.05) is 11.9 Å². The summed E-state index contributed by atoms with van der Waals surface area (Å²) in [4.78, 5) is 10.8. The van der Waals surface area contributed by atoms with Gasteiger partial charge in [-0.2, -0.15) is 0 Å². The van der Waals surface area contributed by atoms with E-state index in [4.69, 9.17) is 5.11 Å². The number of carbonyl (C=O) groups is 1. The highest BCUT2D eigenvalue weighted by Crippen LogP contribution is 2.28. The second-order valence-corrected chi connectivity index (χ2v) is 13.1. The third kappa shape index (κ3) is 6.52. The van der Waals surface area contributed by atoms with Crippen LogP contribution in [-0.4, -0.2) is 25.7 Å². The molecule has 1 aliphatic rings. The number of rotatable bonds is 9. The van der Waals surface area contributed by atoms with Gasteiger partial charge in [0.1, 0.15) is 0 Å². The number of benzene rings is 1. The Morgan fingerprint density at radius 3 is 2.58 bits per heavy atom. The predicted octanol–water partition coefficient (Wildman–Crippen LogP) is 5.64. The number of aromatic carboxylic acids is 1. The molecule has 0 spiro atoms. The van der Waals surface area contributed by atoms with Crippen LogP contribution < -0.4 is 5.32 Å². The minimum absolute atomic E-state index is 0.339. The van der Waals surface area contributed by atoms with Gasteiger partial charge in [0.15, 0.2) is 0 Å². The van der Waals surface area contributed by atoms with Crippen LogP contribution in [0, 0.1) is 5.92 Å². The number of carboxylic acid groups (broad SMARTS) is 1. The number of hydrogen-bond acceptors (Lipinski definition) is 2. The van der Waals surface area contributed by atoms with Gasteiger partial charge in [-0.25, -0.2) is 4.79 Å². The lowest BCUT2D eigenvalue weighted by atomic mass is 9.92. The zero-order valence-corrected chi connectivity index (χ0v) is 16.1. The maximum atomic E-state index is 10.8. The molecule has 0 amide bonds. The molecule has 1 atom stereocenters. The van der Waals surface area contributed by atoms with Crippen LogP contribution >= 0.6 is 0 Å². The molecule has 1 aromatic rings. The van der Waals surface area contributed by atoms with E-state index in [9.17, 15) is 4.79 Å².